The summed E-state index contributed by atoms with van der Waals surface area (Å²) in [6.45, 7) is 4.09. The van der Waals surface area contributed by atoms with Gasteiger partial charge in [0.15, 0.2) is 5.82 Å². The molecule has 0 aromatic carbocycles. The number of nitrogens with zero attached hydrogens (tertiary/aromatic N) is 2. The Morgan fingerprint density at radius 3 is 2.68 bits per heavy atom. The molecule has 118 valence electrons. The van der Waals surface area contributed by atoms with Crippen molar-refractivity contribution in [2.45, 2.75) is 52.4 Å². The first-order chi connectivity index (χ1) is 10.6. The van der Waals surface area contributed by atoms with Crippen LogP contribution in [0, 0.1) is 11.8 Å². The Balaban J connectivity index is 2.06. The van der Waals surface area contributed by atoms with Crippen molar-refractivity contribution in [2.75, 3.05) is 0 Å². The highest BCUT2D eigenvalue weighted by Gasteiger charge is 2.33. The van der Waals surface area contributed by atoms with Gasteiger partial charge in [0.2, 0.25) is 0 Å². The summed E-state index contributed by atoms with van der Waals surface area (Å²) in [4.78, 5) is 16.1. The number of carboxylic acid groups (broad SMARTS) is 1. The maximum Gasteiger partial charge on any atom is 0.331 e. The van der Waals surface area contributed by atoms with E-state index in [4.69, 9.17) is 0 Å². The second-order valence-corrected chi connectivity index (χ2v) is 6.24. The number of nitrogens with one attached hydrogen (secondary N) is 1. The first-order valence-electron chi connectivity index (χ1n) is 8.23. The van der Waals surface area contributed by atoms with Gasteiger partial charge < -0.3 is 5.11 Å². The van der Waals surface area contributed by atoms with Crippen LogP contribution in [-0.2, 0) is 11.2 Å². The van der Waals surface area contributed by atoms with Crippen molar-refractivity contribution in [3.8, 4) is 0 Å². The number of aromatic nitrogens is 3. The summed E-state index contributed by atoms with van der Waals surface area (Å²) in [5.41, 5.74) is 2.82. The second kappa shape index (κ2) is 6.07. The maximum absolute atomic E-state index is 11.6. The monoisotopic (exact) mass is 301 g/mol. The topological polar surface area (TPSA) is 78.9 Å². The van der Waals surface area contributed by atoms with Crippen molar-refractivity contribution in [3.05, 3.63) is 28.9 Å². The Labute approximate surface area is 130 Å². The summed E-state index contributed by atoms with van der Waals surface area (Å²) >= 11 is 0. The molecule has 1 fully saturated rings. The van der Waals surface area contributed by atoms with Crippen molar-refractivity contribution in [1.29, 1.82) is 0 Å². The molecular weight excluding hydrogens is 278 g/mol. The van der Waals surface area contributed by atoms with Gasteiger partial charge in [0.1, 0.15) is 5.82 Å². The third kappa shape index (κ3) is 2.60. The number of hydrogen-bond acceptors (Lipinski definition) is 3. The highest BCUT2D eigenvalue weighted by Crippen LogP contribution is 2.44. The van der Waals surface area contributed by atoms with Gasteiger partial charge in [-0.3, -0.25) is 5.10 Å². The molecule has 0 spiro atoms. The van der Waals surface area contributed by atoms with Gasteiger partial charge in [-0.2, -0.15) is 5.10 Å². The van der Waals surface area contributed by atoms with Crippen molar-refractivity contribution in [2.24, 2.45) is 11.8 Å². The van der Waals surface area contributed by atoms with Gasteiger partial charge in [-0.05, 0) is 43.6 Å². The first-order valence-corrected chi connectivity index (χ1v) is 8.23. The number of aliphatic carboxylic acids is 1. The Morgan fingerprint density at radius 1 is 1.41 bits per heavy atom. The molecule has 1 aromatic rings. The number of aromatic amines is 1. The van der Waals surface area contributed by atoms with E-state index in [1.807, 2.05) is 13.0 Å². The molecule has 5 heteroatoms. The van der Waals surface area contributed by atoms with Crippen molar-refractivity contribution in [1.82, 2.24) is 15.2 Å². The molecule has 3 rings (SSSR count). The highest BCUT2D eigenvalue weighted by molar-refractivity contribution is 5.93. The van der Waals surface area contributed by atoms with Crippen LogP contribution in [0.3, 0.4) is 0 Å². The predicted molar refractivity (Wildman–Crippen MR) is 84.1 cm³/mol. The van der Waals surface area contributed by atoms with Crippen LogP contribution < -0.4 is 0 Å². The van der Waals surface area contributed by atoms with Crippen LogP contribution in [0.4, 0.5) is 0 Å². The molecule has 2 aliphatic carbocycles. The zero-order valence-electron chi connectivity index (χ0n) is 13.2. The van der Waals surface area contributed by atoms with E-state index >= 15 is 0 Å². The molecule has 5 nitrogen and oxygen atoms in total. The lowest BCUT2D eigenvalue weighted by molar-refractivity contribution is -0.133. The van der Waals surface area contributed by atoms with Gasteiger partial charge in [0.05, 0.1) is 0 Å². The fourth-order valence-electron chi connectivity index (χ4n) is 3.38. The molecular formula is C17H23N3O2. The summed E-state index contributed by atoms with van der Waals surface area (Å²) < 4.78 is 0. The Bertz CT molecular complexity index is 638. The number of hydrogen-bond donors (Lipinski definition) is 2. The summed E-state index contributed by atoms with van der Waals surface area (Å²) in [6, 6.07) is 0. The van der Waals surface area contributed by atoms with Crippen LogP contribution in [0.1, 0.15) is 57.6 Å². The molecule has 22 heavy (non-hydrogen) atoms. The molecule has 0 aliphatic heterocycles. The highest BCUT2D eigenvalue weighted by atomic mass is 16.4. The summed E-state index contributed by atoms with van der Waals surface area (Å²) in [5, 5.41) is 16.8. The zero-order valence-corrected chi connectivity index (χ0v) is 13.2. The average molecular weight is 301 g/mol. The van der Waals surface area contributed by atoms with E-state index in [2.05, 4.69) is 22.1 Å². The summed E-state index contributed by atoms with van der Waals surface area (Å²) in [6.07, 6.45) is 8.00. The second-order valence-electron chi connectivity index (χ2n) is 6.24. The largest absolute Gasteiger partial charge is 0.478 e. The smallest absolute Gasteiger partial charge is 0.331 e. The van der Waals surface area contributed by atoms with Gasteiger partial charge in [-0.1, -0.05) is 25.8 Å². The molecule has 2 aliphatic rings. The number of rotatable bonds is 5. The van der Waals surface area contributed by atoms with E-state index in [9.17, 15) is 9.90 Å². The van der Waals surface area contributed by atoms with Gasteiger partial charge in [0, 0.05) is 17.6 Å². The normalized spacial score (nSPS) is 22.5. The maximum atomic E-state index is 11.6. The molecule has 2 N–H and O–H groups in total. The molecule has 1 saturated carbocycles. The zero-order chi connectivity index (χ0) is 15.7. The minimum atomic E-state index is -0.816. The van der Waals surface area contributed by atoms with Gasteiger partial charge in [0.25, 0.3) is 0 Å². The molecule has 0 radical (unpaired) electrons. The molecule has 0 saturated heterocycles. The Hall–Kier alpha value is -1.91. The van der Waals surface area contributed by atoms with Crippen LogP contribution in [0.15, 0.2) is 17.2 Å². The van der Waals surface area contributed by atoms with Crippen LogP contribution >= 0.6 is 0 Å². The van der Waals surface area contributed by atoms with Gasteiger partial charge in [-0.25, -0.2) is 9.78 Å². The van der Waals surface area contributed by atoms with E-state index in [-0.39, 0.29) is 5.92 Å². The number of carbonyl (C=O) groups is 1. The minimum absolute atomic E-state index is 0.112. The number of allylic oxidation sites excluding steroid dienone is 3. The van der Waals surface area contributed by atoms with Gasteiger partial charge in [-0.15, -0.1) is 0 Å². The quantitative estimate of drug-likeness (QED) is 0.874. The lowest BCUT2D eigenvalue weighted by atomic mass is 9.70. The molecule has 0 bridgehead atoms. The SMILES string of the molecule is CCc1nc(C2=C(C3CCC3)CC(CC)C(C(=O)O)=C2)n[nH]1. The number of aryl methyl sites for hydroxylation is 1. The Kier molecular flexibility index (Phi) is 4.14. The van der Waals surface area contributed by atoms with E-state index in [0.29, 0.717) is 17.3 Å². The molecule has 1 aromatic heterocycles. The standard InChI is InChI=1S/C17H23N3O2/c1-3-10-8-12(11-6-5-7-11)14(9-13(10)17(21)22)16-18-15(4-2)19-20-16/h9-11H,3-8H2,1-2H3,(H,21,22)(H,18,19,20). The first kappa shape index (κ1) is 15.0. The van der Waals surface area contributed by atoms with E-state index in [1.54, 1.807) is 0 Å². The lowest BCUT2D eigenvalue weighted by Gasteiger charge is -2.34. The van der Waals surface area contributed by atoms with Gasteiger partial charge >= 0.3 is 5.97 Å². The Morgan fingerprint density at radius 2 is 2.18 bits per heavy atom. The third-order valence-electron chi connectivity index (χ3n) is 5.00. The van der Waals surface area contributed by atoms with Crippen molar-refractivity contribution in [3.63, 3.8) is 0 Å². The number of carboxylic acids is 1. The predicted octanol–water partition coefficient (Wildman–Crippen LogP) is 3.36. The molecule has 1 unspecified atom stereocenters. The minimum Gasteiger partial charge on any atom is -0.478 e. The van der Waals surface area contributed by atoms with Crippen LogP contribution in [0.5, 0.6) is 0 Å². The fourth-order valence-corrected chi connectivity index (χ4v) is 3.38. The molecule has 1 heterocycles. The van der Waals surface area contributed by atoms with Crippen LogP contribution in [-0.4, -0.2) is 26.3 Å². The number of H-pyrrole nitrogens is 1. The van der Waals surface area contributed by atoms with Crippen molar-refractivity contribution < 1.29 is 9.90 Å². The van der Waals surface area contributed by atoms with E-state index in [1.165, 1.54) is 24.8 Å². The summed E-state index contributed by atoms with van der Waals surface area (Å²) in [5.74, 6) is 1.38. The van der Waals surface area contributed by atoms with E-state index in [0.717, 1.165) is 30.7 Å². The summed E-state index contributed by atoms with van der Waals surface area (Å²) in [7, 11) is 0. The third-order valence-corrected chi connectivity index (χ3v) is 5.00. The molecule has 0 amide bonds. The average Bonchev–Trinajstić information content (AvgIpc) is 2.93. The van der Waals surface area contributed by atoms with Crippen LogP contribution in [0.2, 0.25) is 0 Å². The molecule has 1 atom stereocenters. The van der Waals surface area contributed by atoms with E-state index < -0.39 is 5.97 Å². The lowest BCUT2D eigenvalue weighted by Crippen LogP contribution is -2.23. The van der Waals surface area contributed by atoms with Crippen molar-refractivity contribution >= 4 is 11.5 Å². The fraction of sp³-hybridized carbons (Fsp3) is 0.588. The van der Waals surface area contributed by atoms with Crippen LogP contribution in [0.25, 0.3) is 5.57 Å².